The van der Waals surface area contributed by atoms with E-state index in [4.69, 9.17) is 9.26 Å². The maximum atomic E-state index is 12.8. The Morgan fingerprint density at radius 1 is 1.20 bits per heavy atom. The van der Waals surface area contributed by atoms with Gasteiger partial charge in [0.05, 0.1) is 18.7 Å². The lowest BCUT2D eigenvalue weighted by Gasteiger charge is -2.15. The topological polar surface area (TPSA) is 74.6 Å². The van der Waals surface area contributed by atoms with Crippen molar-refractivity contribution in [3.63, 3.8) is 0 Å². The number of esters is 1. The van der Waals surface area contributed by atoms with E-state index in [-0.39, 0.29) is 24.4 Å². The molecule has 0 saturated carbocycles. The minimum atomic E-state index is -3.35. The van der Waals surface area contributed by atoms with E-state index in [1.54, 1.807) is 20.0 Å². The van der Waals surface area contributed by atoms with Gasteiger partial charge in [0.2, 0.25) is 13.3 Å². The standard InChI is InChI=1S/C18H22NO5P/c1-5-23-18(21)17(25(4,22)24-6-2)11-14-12-19(13(3)20)16-10-8-7-9-15(14)16/h7-12H,5-6H2,1-4H3/b17-11+/t25-/m0/s1. The number of ether oxygens (including phenoxy) is 1. The molecule has 134 valence electrons. The maximum absolute atomic E-state index is 12.8. The second kappa shape index (κ2) is 7.81. The van der Waals surface area contributed by atoms with Gasteiger partial charge in [0.15, 0.2) is 0 Å². The predicted molar refractivity (Wildman–Crippen MR) is 98.0 cm³/mol. The van der Waals surface area contributed by atoms with Gasteiger partial charge in [0.1, 0.15) is 5.31 Å². The molecule has 0 aliphatic heterocycles. The molecule has 1 atom stereocenters. The highest BCUT2D eigenvalue weighted by Crippen LogP contribution is 2.52. The van der Waals surface area contributed by atoms with Gasteiger partial charge in [-0.2, -0.15) is 0 Å². The molecule has 0 aliphatic rings. The summed E-state index contributed by atoms with van der Waals surface area (Å²) < 4.78 is 24.7. The lowest BCUT2D eigenvalue weighted by Crippen LogP contribution is -2.09. The summed E-state index contributed by atoms with van der Waals surface area (Å²) in [5.41, 5.74) is 1.32. The Kier molecular flexibility index (Phi) is 5.98. The first-order valence-electron chi connectivity index (χ1n) is 8.04. The molecule has 6 nitrogen and oxygen atoms in total. The molecule has 0 unspecified atom stereocenters. The monoisotopic (exact) mass is 363 g/mol. The average molecular weight is 363 g/mol. The van der Waals surface area contributed by atoms with Crippen molar-refractivity contribution in [1.82, 2.24) is 4.57 Å². The molecule has 1 aromatic carbocycles. The van der Waals surface area contributed by atoms with Crippen LogP contribution in [0, 0.1) is 0 Å². The quantitative estimate of drug-likeness (QED) is 0.438. The van der Waals surface area contributed by atoms with E-state index in [9.17, 15) is 14.2 Å². The number of carbonyl (C=O) groups is 2. The fourth-order valence-corrected chi connectivity index (χ4v) is 3.99. The molecule has 0 N–H and O–H groups in total. The second-order valence-corrected chi connectivity index (χ2v) is 7.94. The van der Waals surface area contributed by atoms with E-state index in [1.807, 2.05) is 24.3 Å². The molecule has 2 rings (SSSR count). The molecule has 0 bridgehead atoms. The third-order valence-corrected chi connectivity index (χ3v) is 5.61. The van der Waals surface area contributed by atoms with Crippen LogP contribution in [0.2, 0.25) is 0 Å². The van der Waals surface area contributed by atoms with Crippen molar-refractivity contribution >= 4 is 36.2 Å². The fraction of sp³-hybridized carbons (Fsp3) is 0.333. The van der Waals surface area contributed by atoms with E-state index in [0.29, 0.717) is 11.1 Å². The summed E-state index contributed by atoms with van der Waals surface area (Å²) >= 11 is 0. The van der Waals surface area contributed by atoms with Crippen LogP contribution in [0.1, 0.15) is 31.1 Å². The Balaban J connectivity index is 2.68. The van der Waals surface area contributed by atoms with Crippen LogP contribution in [0.5, 0.6) is 0 Å². The SMILES string of the molecule is CCOC(=O)/C(=C\c1cn(C(C)=O)c2ccccc12)[P@@](C)(=O)OCC. The van der Waals surface area contributed by atoms with Crippen molar-refractivity contribution < 1.29 is 23.4 Å². The summed E-state index contributed by atoms with van der Waals surface area (Å²) in [6.07, 6.45) is 3.12. The van der Waals surface area contributed by atoms with Gasteiger partial charge in [-0.1, -0.05) is 18.2 Å². The third-order valence-electron chi connectivity index (χ3n) is 3.67. The molecule has 0 radical (unpaired) electrons. The van der Waals surface area contributed by atoms with Crippen LogP contribution in [0.15, 0.2) is 35.8 Å². The lowest BCUT2D eigenvalue weighted by atomic mass is 10.1. The van der Waals surface area contributed by atoms with E-state index in [0.717, 1.165) is 5.39 Å². The highest BCUT2D eigenvalue weighted by Gasteiger charge is 2.30. The molecule has 1 aromatic heterocycles. The molecule has 0 aliphatic carbocycles. The molecule has 0 spiro atoms. The maximum Gasteiger partial charge on any atom is 0.344 e. The van der Waals surface area contributed by atoms with Crippen LogP contribution in [0.25, 0.3) is 17.0 Å². The Bertz CT molecular complexity index is 881. The molecule has 7 heteroatoms. The third kappa shape index (κ3) is 4.09. The molecular weight excluding hydrogens is 341 g/mol. The summed E-state index contributed by atoms with van der Waals surface area (Å²) in [6.45, 7) is 6.61. The van der Waals surface area contributed by atoms with Crippen LogP contribution < -0.4 is 0 Å². The summed E-state index contributed by atoms with van der Waals surface area (Å²) in [7, 11) is -3.35. The molecule has 1 heterocycles. The van der Waals surface area contributed by atoms with Gasteiger partial charge in [-0.25, -0.2) is 4.79 Å². The van der Waals surface area contributed by atoms with E-state index >= 15 is 0 Å². The number of aromatic nitrogens is 1. The predicted octanol–water partition coefficient (Wildman–Crippen LogP) is 4.15. The van der Waals surface area contributed by atoms with Gasteiger partial charge in [-0.15, -0.1) is 0 Å². The number of carbonyl (C=O) groups excluding carboxylic acids is 2. The normalized spacial score (nSPS) is 14.3. The first kappa shape index (κ1) is 19.2. The minimum absolute atomic E-state index is 0.0253. The van der Waals surface area contributed by atoms with Gasteiger partial charge < -0.3 is 9.26 Å². The zero-order valence-electron chi connectivity index (χ0n) is 14.8. The second-order valence-electron chi connectivity index (χ2n) is 5.50. The largest absolute Gasteiger partial charge is 0.462 e. The molecular formula is C18H22NO5P. The van der Waals surface area contributed by atoms with Crippen LogP contribution in [0.4, 0.5) is 0 Å². The summed E-state index contributed by atoms with van der Waals surface area (Å²) in [5.74, 6) is -0.834. The molecule has 0 fully saturated rings. The highest BCUT2D eigenvalue weighted by atomic mass is 31.2. The van der Waals surface area contributed by atoms with Crippen LogP contribution >= 0.6 is 7.37 Å². The Morgan fingerprint density at radius 3 is 2.48 bits per heavy atom. The van der Waals surface area contributed by atoms with E-state index < -0.39 is 13.3 Å². The highest BCUT2D eigenvalue weighted by molar-refractivity contribution is 7.64. The first-order chi connectivity index (χ1) is 11.8. The van der Waals surface area contributed by atoms with Gasteiger partial charge in [-0.3, -0.25) is 13.9 Å². The van der Waals surface area contributed by atoms with Gasteiger partial charge >= 0.3 is 5.97 Å². The van der Waals surface area contributed by atoms with Crippen molar-refractivity contribution in [2.24, 2.45) is 0 Å². The average Bonchev–Trinajstić information content (AvgIpc) is 2.91. The van der Waals surface area contributed by atoms with Crippen molar-refractivity contribution in [2.45, 2.75) is 20.8 Å². The van der Waals surface area contributed by atoms with Gasteiger partial charge in [-0.05, 0) is 26.0 Å². The molecule has 0 amide bonds. The van der Waals surface area contributed by atoms with Gasteiger partial charge in [0, 0.05) is 30.7 Å². The minimum Gasteiger partial charge on any atom is -0.462 e. The van der Waals surface area contributed by atoms with Crippen molar-refractivity contribution in [1.29, 1.82) is 0 Å². The number of rotatable bonds is 6. The van der Waals surface area contributed by atoms with E-state index in [1.165, 1.54) is 24.2 Å². The van der Waals surface area contributed by atoms with Crippen LogP contribution in [-0.4, -0.2) is 36.3 Å². The Labute approximate surface area is 146 Å². The Hall–Kier alpha value is -2.17. The number of fused-ring (bicyclic) bond motifs is 1. The van der Waals surface area contributed by atoms with E-state index in [2.05, 4.69) is 0 Å². The van der Waals surface area contributed by atoms with Crippen molar-refractivity contribution in [2.75, 3.05) is 19.9 Å². The molecule has 25 heavy (non-hydrogen) atoms. The Morgan fingerprint density at radius 2 is 1.88 bits per heavy atom. The number of hydrogen-bond acceptors (Lipinski definition) is 5. The lowest BCUT2D eigenvalue weighted by molar-refractivity contribution is -0.137. The van der Waals surface area contributed by atoms with Crippen molar-refractivity contribution in [3.05, 3.63) is 41.3 Å². The number of hydrogen-bond donors (Lipinski definition) is 0. The summed E-state index contributed by atoms with van der Waals surface area (Å²) in [4.78, 5) is 24.2. The molecule has 2 aromatic rings. The first-order valence-corrected chi connectivity index (χ1v) is 10.1. The number of nitrogens with zero attached hydrogens (tertiary/aromatic N) is 1. The summed E-state index contributed by atoms with van der Waals surface area (Å²) in [5, 5.41) is 0.749. The number of para-hydroxylation sites is 1. The zero-order valence-corrected chi connectivity index (χ0v) is 15.7. The van der Waals surface area contributed by atoms with Gasteiger partial charge in [0.25, 0.3) is 0 Å². The smallest absolute Gasteiger partial charge is 0.344 e. The zero-order chi connectivity index (χ0) is 18.6. The van der Waals surface area contributed by atoms with Crippen molar-refractivity contribution in [3.8, 4) is 0 Å². The van der Waals surface area contributed by atoms with Crippen LogP contribution in [0.3, 0.4) is 0 Å². The molecule has 0 saturated heterocycles. The fourth-order valence-electron chi connectivity index (χ4n) is 2.59. The number of benzene rings is 1. The summed E-state index contributed by atoms with van der Waals surface area (Å²) in [6, 6.07) is 7.31. The van der Waals surface area contributed by atoms with Crippen LogP contribution in [-0.2, 0) is 18.6 Å².